The number of rotatable bonds is 5. The molecule has 1 heterocycles. The van der Waals surface area contributed by atoms with Gasteiger partial charge >= 0.3 is 0 Å². The maximum Gasteiger partial charge on any atom is 0.108 e. The number of hydrogen-bond donors (Lipinski definition) is 2. The molecule has 4 nitrogen and oxygen atoms in total. The molecule has 1 aliphatic rings. The Balaban J connectivity index is 1.85. The van der Waals surface area contributed by atoms with Crippen LogP contribution in [-0.2, 0) is 5.41 Å². The highest BCUT2D eigenvalue weighted by atomic mass is 16.3. The highest BCUT2D eigenvalue weighted by Gasteiger charge is 2.39. The summed E-state index contributed by atoms with van der Waals surface area (Å²) in [6.45, 7) is 3.51. The van der Waals surface area contributed by atoms with E-state index in [9.17, 15) is 15.5 Å². The first-order valence-corrected chi connectivity index (χ1v) is 9.13. The molecule has 4 heteroatoms. The maximum absolute atomic E-state index is 10.2. The van der Waals surface area contributed by atoms with Crippen LogP contribution in [-0.4, -0.2) is 46.5 Å². The molecule has 136 valence electrons. The molecule has 0 spiro atoms. The highest BCUT2D eigenvalue weighted by molar-refractivity contribution is 5.45. The summed E-state index contributed by atoms with van der Waals surface area (Å²) in [5, 5.41) is 30.5. The molecular weight excluding hydrogens is 324 g/mol. The molecule has 0 aromatic heterocycles. The number of likely N-dealkylation sites (tertiary alicyclic amines) is 1. The lowest BCUT2D eigenvalue weighted by molar-refractivity contribution is -0.107. The van der Waals surface area contributed by atoms with Crippen molar-refractivity contribution in [3.63, 3.8) is 0 Å². The summed E-state index contributed by atoms with van der Waals surface area (Å²) in [5.41, 5.74) is 0.214. The van der Waals surface area contributed by atoms with E-state index in [4.69, 9.17) is 0 Å². The summed E-state index contributed by atoms with van der Waals surface area (Å²) in [7, 11) is 0. The maximum atomic E-state index is 10.2. The summed E-state index contributed by atoms with van der Waals surface area (Å²) >= 11 is 0. The van der Waals surface area contributed by atoms with E-state index in [0.29, 0.717) is 25.9 Å². The summed E-state index contributed by atoms with van der Waals surface area (Å²) in [6.07, 6.45) is 0.401. The van der Waals surface area contributed by atoms with Crippen LogP contribution in [0.4, 0.5) is 0 Å². The number of nitriles is 1. The first kappa shape index (κ1) is 18.6. The van der Waals surface area contributed by atoms with Gasteiger partial charge in [-0.25, -0.2) is 0 Å². The molecule has 1 fully saturated rings. The van der Waals surface area contributed by atoms with Crippen LogP contribution in [0.15, 0.2) is 60.7 Å². The Hall–Kier alpha value is -2.19. The molecule has 2 aromatic rings. The van der Waals surface area contributed by atoms with E-state index in [0.717, 1.165) is 17.7 Å². The third kappa shape index (κ3) is 3.66. The molecule has 0 saturated carbocycles. The second kappa shape index (κ2) is 7.59. The van der Waals surface area contributed by atoms with E-state index in [1.165, 1.54) is 0 Å². The topological polar surface area (TPSA) is 67.5 Å². The Morgan fingerprint density at radius 2 is 1.65 bits per heavy atom. The molecule has 1 aliphatic heterocycles. The zero-order chi connectivity index (χ0) is 18.6. The third-order valence-electron chi connectivity index (χ3n) is 5.61. The van der Waals surface area contributed by atoms with Crippen molar-refractivity contribution in [2.45, 2.75) is 36.9 Å². The second-order valence-electron chi connectivity index (χ2n) is 7.42. The van der Waals surface area contributed by atoms with Gasteiger partial charge in [-0.3, -0.25) is 0 Å². The van der Waals surface area contributed by atoms with Gasteiger partial charge in [0.15, 0.2) is 0 Å². The standard InChI is InChI=1S/C22H26N2O2/c1-21(26)12-14-24(16-20(21)25)15-13-22(17-23,18-8-4-2-5-9-18)19-10-6-3-7-11-19/h2-11,20,25-26H,12-16H2,1H3/t20-,21-/m0/s1. The average molecular weight is 350 g/mol. The van der Waals surface area contributed by atoms with Gasteiger partial charge in [0.05, 0.1) is 17.8 Å². The Labute approximate surface area is 155 Å². The van der Waals surface area contributed by atoms with Gasteiger partial charge in [-0.1, -0.05) is 60.7 Å². The Bertz CT molecular complexity index is 713. The Morgan fingerprint density at radius 3 is 2.12 bits per heavy atom. The monoisotopic (exact) mass is 350 g/mol. The van der Waals surface area contributed by atoms with Crippen molar-refractivity contribution in [1.82, 2.24) is 4.90 Å². The SMILES string of the molecule is C[C@]1(O)CCN(CCC(C#N)(c2ccccc2)c2ccccc2)C[C@@H]1O. The Kier molecular flexibility index (Phi) is 5.43. The predicted molar refractivity (Wildman–Crippen MR) is 102 cm³/mol. The fourth-order valence-electron chi connectivity index (χ4n) is 3.70. The molecule has 2 atom stereocenters. The second-order valence-corrected chi connectivity index (χ2v) is 7.42. The van der Waals surface area contributed by atoms with E-state index in [1.54, 1.807) is 6.92 Å². The summed E-state index contributed by atoms with van der Waals surface area (Å²) in [5.74, 6) is 0. The van der Waals surface area contributed by atoms with Gasteiger partial charge in [-0.05, 0) is 30.9 Å². The lowest BCUT2D eigenvalue weighted by Crippen LogP contribution is -2.54. The highest BCUT2D eigenvalue weighted by Crippen LogP contribution is 2.36. The fraction of sp³-hybridized carbons (Fsp3) is 0.409. The number of β-amino-alcohol motifs (C(OH)–C–C–N with tert-alkyl or cyclic N) is 1. The van der Waals surface area contributed by atoms with Crippen LogP contribution in [0.1, 0.15) is 30.9 Å². The molecule has 0 radical (unpaired) electrons. The van der Waals surface area contributed by atoms with Crippen molar-refractivity contribution in [3.05, 3.63) is 71.8 Å². The number of nitrogens with zero attached hydrogens (tertiary/aromatic N) is 2. The minimum absolute atomic E-state index is 0.429. The lowest BCUT2D eigenvalue weighted by Gasteiger charge is -2.41. The largest absolute Gasteiger partial charge is 0.389 e. The third-order valence-corrected chi connectivity index (χ3v) is 5.61. The van der Waals surface area contributed by atoms with E-state index in [-0.39, 0.29) is 0 Å². The van der Waals surface area contributed by atoms with Crippen molar-refractivity contribution in [2.75, 3.05) is 19.6 Å². The number of piperidine rings is 1. The molecule has 0 bridgehead atoms. The zero-order valence-electron chi connectivity index (χ0n) is 15.2. The van der Waals surface area contributed by atoms with Crippen LogP contribution in [0.3, 0.4) is 0 Å². The van der Waals surface area contributed by atoms with Crippen molar-refractivity contribution in [2.24, 2.45) is 0 Å². The van der Waals surface area contributed by atoms with Gasteiger partial charge < -0.3 is 15.1 Å². The minimum atomic E-state index is -1.03. The van der Waals surface area contributed by atoms with E-state index in [1.807, 2.05) is 60.7 Å². The average Bonchev–Trinajstić information content (AvgIpc) is 2.67. The first-order valence-electron chi connectivity index (χ1n) is 9.13. The normalized spacial score (nSPS) is 24.2. The summed E-state index contributed by atoms with van der Waals surface area (Å²) in [4.78, 5) is 2.14. The van der Waals surface area contributed by atoms with Gasteiger partial charge in [0.2, 0.25) is 0 Å². The summed E-state index contributed by atoms with van der Waals surface area (Å²) < 4.78 is 0. The predicted octanol–water partition coefficient (Wildman–Crippen LogP) is 2.70. The van der Waals surface area contributed by atoms with Crippen molar-refractivity contribution < 1.29 is 10.2 Å². The van der Waals surface area contributed by atoms with Crippen LogP contribution in [0.25, 0.3) is 0 Å². The van der Waals surface area contributed by atoms with E-state index in [2.05, 4.69) is 11.0 Å². The first-order chi connectivity index (χ1) is 12.5. The van der Waals surface area contributed by atoms with Crippen LogP contribution in [0, 0.1) is 11.3 Å². The number of hydrogen-bond acceptors (Lipinski definition) is 4. The molecule has 2 N–H and O–H groups in total. The Morgan fingerprint density at radius 1 is 1.12 bits per heavy atom. The molecule has 2 aromatic carbocycles. The quantitative estimate of drug-likeness (QED) is 0.870. The van der Waals surface area contributed by atoms with Gasteiger partial charge in [0.1, 0.15) is 5.41 Å². The number of benzene rings is 2. The number of aliphatic hydroxyl groups excluding tert-OH is 1. The molecular formula is C22H26N2O2. The molecule has 0 unspecified atom stereocenters. The minimum Gasteiger partial charge on any atom is -0.389 e. The molecule has 1 saturated heterocycles. The van der Waals surface area contributed by atoms with E-state index < -0.39 is 17.1 Å². The molecule has 3 rings (SSSR count). The van der Waals surface area contributed by atoms with Gasteiger partial charge in [-0.15, -0.1) is 0 Å². The van der Waals surface area contributed by atoms with Crippen molar-refractivity contribution >= 4 is 0 Å². The fourth-order valence-corrected chi connectivity index (χ4v) is 3.70. The van der Waals surface area contributed by atoms with Gasteiger partial charge in [0.25, 0.3) is 0 Å². The number of aliphatic hydroxyl groups is 2. The van der Waals surface area contributed by atoms with E-state index >= 15 is 0 Å². The summed E-state index contributed by atoms with van der Waals surface area (Å²) in [6, 6.07) is 22.4. The smallest absolute Gasteiger partial charge is 0.108 e. The van der Waals surface area contributed by atoms with Gasteiger partial charge in [0, 0.05) is 19.6 Å². The molecule has 26 heavy (non-hydrogen) atoms. The molecule has 0 amide bonds. The van der Waals surface area contributed by atoms with Crippen LogP contribution < -0.4 is 0 Å². The lowest BCUT2D eigenvalue weighted by atomic mass is 9.73. The van der Waals surface area contributed by atoms with Crippen molar-refractivity contribution in [3.8, 4) is 6.07 Å². The van der Waals surface area contributed by atoms with Crippen molar-refractivity contribution in [1.29, 1.82) is 5.26 Å². The van der Waals surface area contributed by atoms with Gasteiger partial charge in [-0.2, -0.15) is 5.26 Å². The van der Waals surface area contributed by atoms with Crippen LogP contribution in [0.2, 0.25) is 0 Å². The van der Waals surface area contributed by atoms with Crippen LogP contribution >= 0.6 is 0 Å². The molecule has 0 aliphatic carbocycles. The van der Waals surface area contributed by atoms with Crippen LogP contribution in [0.5, 0.6) is 0 Å². The zero-order valence-corrected chi connectivity index (χ0v) is 15.2.